The molecule has 0 saturated carbocycles. The first-order valence-corrected chi connectivity index (χ1v) is 6.22. The van der Waals surface area contributed by atoms with Gasteiger partial charge in [0.15, 0.2) is 23.3 Å². The van der Waals surface area contributed by atoms with E-state index in [1.807, 2.05) is 0 Å². The third-order valence-electron chi connectivity index (χ3n) is 2.60. The number of rotatable bonds is 8. The predicted molar refractivity (Wildman–Crippen MR) is 68.1 cm³/mol. The van der Waals surface area contributed by atoms with Crippen molar-refractivity contribution in [1.82, 2.24) is 0 Å². The van der Waals surface area contributed by atoms with E-state index in [-0.39, 0.29) is 25.3 Å². The van der Waals surface area contributed by atoms with Gasteiger partial charge in [-0.25, -0.2) is 17.6 Å². The highest BCUT2D eigenvalue weighted by molar-refractivity contribution is 5.47. The fourth-order valence-electron chi connectivity index (χ4n) is 1.57. The van der Waals surface area contributed by atoms with Crippen LogP contribution in [0.2, 0.25) is 0 Å². The van der Waals surface area contributed by atoms with Crippen LogP contribution in [0.3, 0.4) is 0 Å². The van der Waals surface area contributed by atoms with Crippen molar-refractivity contribution in [3.8, 4) is 0 Å². The van der Waals surface area contributed by atoms with Crippen molar-refractivity contribution in [2.75, 3.05) is 32.2 Å². The molecule has 0 bridgehead atoms. The molecule has 0 aliphatic heterocycles. The number of anilines is 1. The van der Waals surface area contributed by atoms with Crippen molar-refractivity contribution in [3.63, 3.8) is 0 Å². The molecule has 2 unspecified atom stereocenters. The first-order chi connectivity index (χ1) is 9.86. The molecule has 1 aromatic carbocycles. The summed E-state index contributed by atoms with van der Waals surface area (Å²) in [6.07, 6.45) is -1.39. The summed E-state index contributed by atoms with van der Waals surface area (Å²) >= 11 is 0. The largest absolute Gasteiger partial charge is 0.389 e. The number of ether oxygens (including phenoxy) is 2. The van der Waals surface area contributed by atoms with Gasteiger partial charge in [0.2, 0.25) is 0 Å². The zero-order chi connectivity index (χ0) is 16.0. The van der Waals surface area contributed by atoms with E-state index < -0.39 is 35.1 Å². The highest BCUT2D eigenvalue weighted by Gasteiger charge is 2.19. The zero-order valence-corrected chi connectivity index (χ0v) is 11.6. The van der Waals surface area contributed by atoms with Gasteiger partial charge in [-0.05, 0) is 6.92 Å². The number of hydrogen-bond donors (Lipinski definition) is 2. The smallest absolute Gasteiger partial charge is 0.185 e. The van der Waals surface area contributed by atoms with Crippen LogP contribution in [-0.2, 0) is 9.47 Å². The first-order valence-electron chi connectivity index (χ1n) is 6.22. The van der Waals surface area contributed by atoms with E-state index in [1.165, 1.54) is 7.11 Å². The Morgan fingerprint density at radius 1 is 1.14 bits per heavy atom. The summed E-state index contributed by atoms with van der Waals surface area (Å²) in [6, 6.07) is 0.113. The first kappa shape index (κ1) is 17.7. The molecule has 8 heteroatoms. The van der Waals surface area contributed by atoms with Crippen LogP contribution in [0.4, 0.5) is 23.2 Å². The molecule has 1 aromatic rings. The summed E-state index contributed by atoms with van der Waals surface area (Å²) < 4.78 is 62.6. The number of aliphatic hydroxyl groups excluding tert-OH is 1. The van der Waals surface area contributed by atoms with Crippen LogP contribution in [0.1, 0.15) is 6.92 Å². The van der Waals surface area contributed by atoms with E-state index in [1.54, 1.807) is 6.92 Å². The molecule has 1 rings (SSSR count). The third-order valence-corrected chi connectivity index (χ3v) is 2.60. The van der Waals surface area contributed by atoms with Crippen molar-refractivity contribution >= 4 is 5.69 Å². The molecular formula is C13H17F4NO3. The van der Waals surface area contributed by atoms with Gasteiger partial charge in [-0.3, -0.25) is 0 Å². The predicted octanol–water partition coefficient (Wildman–Crippen LogP) is 2.07. The Morgan fingerprint density at radius 3 is 2.24 bits per heavy atom. The van der Waals surface area contributed by atoms with Crippen molar-refractivity contribution in [1.29, 1.82) is 0 Å². The molecule has 0 aliphatic carbocycles. The maximum atomic E-state index is 13.3. The molecule has 0 heterocycles. The molecule has 0 fully saturated rings. The van der Waals surface area contributed by atoms with E-state index in [0.717, 1.165) is 0 Å². The topological polar surface area (TPSA) is 50.7 Å². The zero-order valence-electron chi connectivity index (χ0n) is 11.6. The minimum atomic E-state index is -1.55. The second-order valence-corrected chi connectivity index (χ2v) is 4.48. The van der Waals surface area contributed by atoms with Crippen LogP contribution >= 0.6 is 0 Å². The summed E-state index contributed by atoms with van der Waals surface area (Å²) in [4.78, 5) is 0. The molecule has 0 saturated heterocycles. The molecule has 2 N–H and O–H groups in total. The van der Waals surface area contributed by atoms with E-state index in [2.05, 4.69) is 5.32 Å². The summed E-state index contributed by atoms with van der Waals surface area (Å²) in [7, 11) is 1.49. The lowest BCUT2D eigenvalue weighted by atomic mass is 10.2. The van der Waals surface area contributed by atoms with Gasteiger partial charge in [-0.15, -0.1) is 0 Å². The Bertz CT molecular complexity index is 447. The molecule has 0 aromatic heterocycles. The van der Waals surface area contributed by atoms with E-state index in [4.69, 9.17) is 9.47 Å². The molecule has 4 nitrogen and oxygen atoms in total. The summed E-state index contributed by atoms with van der Waals surface area (Å²) in [5.74, 6) is -6.13. The lowest BCUT2D eigenvalue weighted by molar-refractivity contribution is -0.0282. The maximum Gasteiger partial charge on any atom is 0.185 e. The number of aliphatic hydroxyl groups is 1. The van der Waals surface area contributed by atoms with Crippen molar-refractivity contribution in [3.05, 3.63) is 29.3 Å². The van der Waals surface area contributed by atoms with Crippen molar-refractivity contribution < 1.29 is 32.1 Å². The van der Waals surface area contributed by atoms with Crippen LogP contribution in [0.25, 0.3) is 0 Å². The second kappa shape index (κ2) is 8.16. The number of hydrogen-bond acceptors (Lipinski definition) is 4. The third kappa shape index (κ3) is 5.14. The van der Waals surface area contributed by atoms with Gasteiger partial charge in [-0.1, -0.05) is 0 Å². The number of halogens is 4. The average Bonchev–Trinajstić information content (AvgIpc) is 2.43. The molecule has 0 aliphatic rings. The Kier molecular flexibility index (Phi) is 6.86. The normalized spacial score (nSPS) is 14.0. The number of benzene rings is 1. The van der Waals surface area contributed by atoms with Gasteiger partial charge in [-0.2, -0.15) is 0 Å². The lowest BCUT2D eigenvalue weighted by Gasteiger charge is -2.17. The molecule has 120 valence electrons. The highest BCUT2D eigenvalue weighted by atomic mass is 19.2. The molecule has 0 amide bonds. The van der Waals surface area contributed by atoms with Gasteiger partial charge in [0.25, 0.3) is 0 Å². The van der Waals surface area contributed by atoms with Crippen LogP contribution in [0.5, 0.6) is 0 Å². The van der Waals surface area contributed by atoms with Crippen LogP contribution in [0, 0.1) is 23.3 Å². The standard InChI is InChI=1S/C13H17F4NO3/c1-7(5-20-2)21-6-8(19)4-18-13-11(16)9(14)3-10(15)12(13)17/h3,7-8,18-19H,4-6H2,1-2H3. The second-order valence-electron chi connectivity index (χ2n) is 4.48. The molecule has 21 heavy (non-hydrogen) atoms. The summed E-state index contributed by atoms with van der Waals surface area (Å²) in [5, 5.41) is 11.7. The monoisotopic (exact) mass is 311 g/mol. The van der Waals surface area contributed by atoms with Gasteiger partial charge in [0, 0.05) is 19.7 Å². The van der Waals surface area contributed by atoms with Gasteiger partial charge >= 0.3 is 0 Å². The SMILES string of the molecule is COCC(C)OCC(O)CNc1c(F)c(F)cc(F)c1F. The fraction of sp³-hybridized carbons (Fsp3) is 0.538. The van der Waals surface area contributed by atoms with Gasteiger partial charge in [0.05, 0.1) is 25.4 Å². The van der Waals surface area contributed by atoms with E-state index >= 15 is 0 Å². The summed E-state index contributed by atoms with van der Waals surface area (Å²) in [5.41, 5.74) is -0.962. The van der Waals surface area contributed by atoms with Gasteiger partial charge < -0.3 is 19.9 Å². The molecular weight excluding hydrogens is 294 g/mol. The van der Waals surface area contributed by atoms with E-state index in [9.17, 15) is 22.7 Å². The maximum absolute atomic E-state index is 13.3. The molecule has 2 atom stereocenters. The minimum absolute atomic E-state index is 0.113. The van der Waals surface area contributed by atoms with Crippen LogP contribution < -0.4 is 5.32 Å². The minimum Gasteiger partial charge on any atom is -0.389 e. The average molecular weight is 311 g/mol. The number of nitrogens with one attached hydrogen (secondary N) is 1. The van der Waals surface area contributed by atoms with E-state index in [0.29, 0.717) is 6.61 Å². The van der Waals surface area contributed by atoms with Crippen molar-refractivity contribution in [2.45, 2.75) is 19.1 Å². The Hall–Kier alpha value is -1.38. The Labute approximate surface area is 119 Å². The fourth-order valence-corrected chi connectivity index (χ4v) is 1.57. The van der Waals surface area contributed by atoms with Crippen molar-refractivity contribution in [2.24, 2.45) is 0 Å². The highest BCUT2D eigenvalue weighted by Crippen LogP contribution is 2.23. The van der Waals surface area contributed by atoms with Gasteiger partial charge in [0.1, 0.15) is 5.69 Å². The quantitative estimate of drug-likeness (QED) is 0.570. The van der Waals surface area contributed by atoms with Crippen LogP contribution in [0.15, 0.2) is 6.07 Å². The van der Waals surface area contributed by atoms with Crippen LogP contribution in [-0.4, -0.2) is 44.2 Å². The lowest BCUT2D eigenvalue weighted by Crippen LogP contribution is -2.29. The number of methoxy groups -OCH3 is 1. The summed E-state index contributed by atoms with van der Waals surface area (Å²) in [6.45, 7) is 1.57. The molecule has 0 spiro atoms. The Balaban J connectivity index is 2.55. The molecule has 0 radical (unpaired) electrons. The Morgan fingerprint density at radius 2 is 1.71 bits per heavy atom.